The predicted octanol–water partition coefficient (Wildman–Crippen LogP) is 6.91. The fraction of sp³-hybridized carbons (Fsp3) is 0.394. The van der Waals surface area contributed by atoms with Gasteiger partial charge in [0.15, 0.2) is 11.5 Å². The molecule has 8 nitrogen and oxygen atoms in total. The van der Waals surface area contributed by atoms with Crippen LogP contribution in [0.3, 0.4) is 0 Å². The maximum atomic E-state index is 13.7. The van der Waals surface area contributed by atoms with Crippen LogP contribution < -0.4 is 19.5 Å². The maximum Gasteiger partial charge on any atom is 0.430 e. The average Bonchev–Trinajstić information content (AvgIpc) is 3.28. The summed E-state index contributed by atoms with van der Waals surface area (Å²) >= 11 is 0. The monoisotopic (exact) mass is 666 g/mol. The van der Waals surface area contributed by atoms with Gasteiger partial charge in [0.05, 0.1) is 0 Å². The van der Waals surface area contributed by atoms with Gasteiger partial charge in [0.1, 0.15) is 30.3 Å². The van der Waals surface area contributed by atoms with Gasteiger partial charge < -0.3 is 24.6 Å². The van der Waals surface area contributed by atoms with E-state index in [9.17, 15) is 41.0 Å². The summed E-state index contributed by atoms with van der Waals surface area (Å²) in [5.74, 6) is 0.832. The SMILES string of the molecule is CCCc1cc(C(O)(C(F)(F)F)C(F)(F)F)ccc1Oc1cccc(CCN2C(=O)NC(CC)(c3ccc4c(c3)OCCO4)C2=O)c1. The number of fused-ring (bicyclic) bond motifs is 1. The highest BCUT2D eigenvalue weighted by atomic mass is 19.4. The Morgan fingerprint density at radius 1 is 0.894 bits per heavy atom. The molecule has 0 aliphatic carbocycles. The minimum atomic E-state index is -6.01. The summed E-state index contributed by atoms with van der Waals surface area (Å²) in [5.41, 5.74) is -6.49. The highest BCUT2D eigenvalue weighted by Gasteiger charge is 2.71. The van der Waals surface area contributed by atoms with E-state index in [0.717, 1.165) is 11.0 Å². The topological polar surface area (TPSA) is 97.3 Å². The second kappa shape index (κ2) is 12.6. The molecule has 0 spiro atoms. The number of aryl methyl sites for hydroxylation is 1. The summed E-state index contributed by atoms with van der Waals surface area (Å²) in [5, 5.41) is 12.7. The third-order valence-electron chi connectivity index (χ3n) is 8.31. The Bertz CT molecular complexity index is 1650. The number of halogens is 6. The van der Waals surface area contributed by atoms with Crippen molar-refractivity contribution < 1.29 is 55.2 Å². The van der Waals surface area contributed by atoms with E-state index in [1.54, 1.807) is 56.3 Å². The van der Waals surface area contributed by atoms with E-state index >= 15 is 0 Å². The molecule has 2 N–H and O–H groups in total. The van der Waals surface area contributed by atoms with E-state index in [1.807, 2.05) is 0 Å². The van der Waals surface area contributed by atoms with Gasteiger partial charge in [-0.15, -0.1) is 0 Å². The quantitative estimate of drug-likeness (QED) is 0.180. The molecule has 0 saturated carbocycles. The average molecular weight is 667 g/mol. The Morgan fingerprint density at radius 2 is 1.60 bits per heavy atom. The molecule has 3 aromatic rings. The van der Waals surface area contributed by atoms with Gasteiger partial charge in [-0.2, -0.15) is 26.3 Å². The number of hydrogen-bond donors (Lipinski definition) is 2. The second-order valence-corrected chi connectivity index (χ2v) is 11.3. The van der Waals surface area contributed by atoms with Crippen LogP contribution >= 0.6 is 0 Å². The van der Waals surface area contributed by atoms with Crippen LogP contribution in [0.2, 0.25) is 0 Å². The number of urea groups is 1. The van der Waals surface area contributed by atoms with Crippen LogP contribution in [0.1, 0.15) is 48.9 Å². The summed E-state index contributed by atoms with van der Waals surface area (Å²) in [6.45, 7) is 4.25. The van der Waals surface area contributed by atoms with Crippen molar-refractivity contribution in [3.05, 3.63) is 82.9 Å². The summed E-state index contributed by atoms with van der Waals surface area (Å²) in [4.78, 5) is 27.8. The molecule has 0 radical (unpaired) electrons. The van der Waals surface area contributed by atoms with Gasteiger partial charge in [0.25, 0.3) is 11.5 Å². The molecule has 1 unspecified atom stereocenters. The van der Waals surface area contributed by atoms with Gasteiger partial charge in [-0.1, -0.05) is 44.5 Å². The second-order valence-electron chi connectivity index (χ2n) is 11.3. The molecule has 2 aliphatic rings. The first-order valence-electron chi connectivity index (χ1n) is 14.9. The van der Waals surface area contributed by atoms with Crippen molar-refractivity contribution in [2.45, 2.75) is 63.0 Å². The first kappa shape index (κ1) is 33.9. The smallest absolute Gasteiger partial charge is 0.430 e. The molecular weight excluding hydrogens is 634 g/mol. The van der Waals surface area contributed by atoms with Crippen LogP contribution in [0, 0.1) is 0 Å². The Balaban J connectivity index is 1.33. The van der Waals surface area contributed by atoms with Crippen LogP contribution in [0.5, 0.6) is 23.0 Å². The highest BCUT2D eigenvalue weighted by molar-refractivity contribution is 6.07. The summed E-state index contributed by atoms with van der Waals surface area (Å²) in [6, 6.07) is 13.2. The first-order chi connectivity index (χ1) is 22.1. The minimum absolute atomic E-state index is 0.0145. The minimum Gasteiger partial charge on any atom is -0.486 e. The summed E-state index contributed by atoms with van der Waals surface area (Å²) < 4.78 is 98.0. The lowest BCUT2D eigenvalue weighted by Crippen LogP contribution is -2.53. The van der Waals surface area contributed by atoms with Gasteiger partial charge >= 0.3 is 18.4 Å². The van der Waals surface area contributed by atoms with Gasteiger partial charge in [0, 0.05) is 12.1 Å². The number of rotatable bonds is 10. The van der Waals surface area contributed by atoms with E-state index in [0.29, 0.717) is 54.4 Å². The van der Waals surface area contributed by atoms with Crippen molar-refractivity contribution in [3.8, 4) is 23.0 Å². The number of nitrogens with zero attached hydrogens (tertiary/aromatic N) is 1. The van der Waals surface area contributed by atoms with E-state index in [2.05, 4.69) is 5.32 Å². The molecule has 2 heterocycles. The molecule has 3 amide bonds. The molecule has 47 heavy (non-hydrogen) atoms. The van der Waals surface area contributed by atoms with E-state index in [4.69, 9.17) is 14.2 Å². The number of amides is 3. The zero-order valence-corrected chi connectivity index (χ0v) is 25.4. The Hall–Kier alpha value is -4.46. The normalized spacial score (nSPS) is 18.4. The largest absolute Gasteiger partial charge is 0.486 e. The van der Waals surface area contributed by atoms with E-state index in [-0.39, 0.29) is 42.9 Å². The molecule has 252 valence electrons. The fourth-order valence-electron chi connectivity index (χ4n) is 5.77. The van der Waals surface area contributed by atoms with Crippen molar-refractivity contribution in [3.63, 3.8) is 0 Å². The number of carbonyl (C=O) groups excluding carboxylic acids is 2. The van der Waals surface area contributed by atoms with Crippen molar-refractivity contribution in [2.75, 3.05) is 19.8 Å². The Labute approximate surface area is 266 Å². The number of ether oxygens (including phenoxy) is 3. The van der Waals surface area contributed by atoms with Crippen LogP contribution in [0.25, 0.3) is 0 Å². The van der Waals surface area contributed by atoms with E-state index < -0.39 is 41.0 Å². The van der Waals surface area contributed by atoms with Gasteiger partial charge in [-0.3, -0.25) is 9.69 Å². The fourth-order valence-corrected chi connectivity index (χ4v) is 5.77. The van der Waals surface area contributed by atoms with Gasteiger partial charge in [0.2, 0.25) is 0 Å². The number of carbonyl (C=O) groups is 2. The molecular formula is C33H32F6N2O6. The summed E-state index contributed by atoms with van der Waals surface area (Å²) in [7, 11) is 0. The lowest BCUT2D eigenvalue weighted by atomic mass is 9.86. The molecule has 2 aliphatic heterocycles. The lowest BCUT2D eigenvalue weighted by molar-refractivity contribution is -0.376. The molecule has 1 saturated heterocycles. The predicted molar refractivity (Wildman–Crippen MR) is 156 cm³/mol. The lowest BCUT2D eigenvalue weighted by Gasteiger charge is -2.33. The van der Waals surface area contributed by atoms with Gasteiger partial charge in [-0.25, -0.2) is 4.79 Å². The number of imide groups is 1. The first-order valence-corrected chi connectivity index (χ1v) is 14.9. The van der Waals surface area contributed by atoms with Crippen molar-refractivity contribution >= 4 is 11.9 Å². The zero-order valence-electron chi connectivity index (χ0n) is 25.4. The molecule has 1 atom stereocenters. The molecule has 14 heteroatoms. The zero-order chi connectivity index (χ0) is 34.2. The van der Waals surface area contributed by atoms with Crippen LogP contribution in [-0.4, -0.2) is 54.1 Å². The number of aliphatic hydroxyl groups is 1. The van der Waals surface area contributed by atoms with Gasteiger partial charge in [-0.05, 0) is 72.4 Å². The van der Waals surface area contributed by atoms with Crippen molar-refractivity contribution in [1.82, 2.24) is 10.2 Å². The summed E-state index contributed by atoms with van der Waals surface area (Å²) in [6.07, 6.45) is -11.1. The van der Waals surface area contributed by atoms with E-state index in [1.165, 1.54) is 0 Å². The molecule has 0 bridgehead atoms. The van der Waals surface area contributed by atoms with Crippen LogP contribution in [-0.2, 0) is 28.8 Å². The molecule has 3 aromatic carbocycles. The molecule has 5 rings (SSSR count). The third kappa shape index (κ3) is 6.18. The number of alkyl halides is 6. The maximum absolute atomic E-state index is 13.7. The molecule has 0 aromatic heterocycles. The van der Waals surface area contributed by atoms with Crippen molar-refractivity contribution in [2.24, 2.45) is 0 Å². The standard InChI is InChI=1S/C33H32F6N2O6/c1-3-6-21-18-23(31(44,32(34,35)36)33(37,38)39)10-11-25(21)47-24-8-5-7-20(17-24)13-14-41-28(42)30(4-2,40-29(41)43)22-9-12-26-27(19-22)46-16-15-45-26/h5,7-12,17-19,44H,3-4,6,13-16H2,1-2H3,(H,40,43). The van der Waals surface area contributed by atoms with Crippen LogP contribution in [0.4, 0.5) is 31.1 Å². The third-order valence-corrected chi connectivity index (χ3v) is 8.31. The van der Waals surface area contributed by atoms with Crippen LogP contribution in [0.15, 0.2) is 60.7 Å². The Morgan fingerprint density at radius 3 is 2.26 bits per heavy atom. The number of hydrogen-bond acceptors (Lipinski definition) is 6. The Kier molecular flexibility index (Phi) is 9.10. The van der Waals surface area contributed by atoms with Crippen molar-refractivity contribution in [1.29, 1.82) is 0 Å². The number of nitrogens with one attached hydrogen (secondary N) is 1. The number of benzene rings is 3. The highest BCUT2D eigenvalue weighted by Crippen LogP contribution is 2.51. The molecule has 1 fully saturated rings.